The van der Waals surface area contributed by atoms with Gasteiger partial charge in [-0.2, -0.15) is 0 Å². The molecule has 0 saturated carbocycles. The first-order chi connectivity index (χ1) is 10.2. The molecule has 0 fully saturated rings. The normalized spacial score (nSPS) is 16.5. The highest BCUT2D eigenvalue weighted by Gasteiger charge is 2.25. The topological polar surface area (TPSA) is 69.2 Å². The molecular weight excluding hydrogens is 334 g/mol. The number of nitrogens with zero attached hydrogens (tertiary/aromatic N) is 4. The summed E-state index contributed by atoms with van der Waals surface area (Å²) in [4.78, 5) is 2.35. The highest BCUT2D eigenvalue weighted by atomic mass is 79.9. The van der Waals surface area contributed by atoms with Crippen LogP contribution in [0.3, 0.4) is 0 Å². The number of methoxy groups -OCH3 is 1. The molecule has 1 aromatic carbocycles. The zero-order chi connectivity index (χ0) is 14.8. The van der Waals surface area contributed by atoms with E-state index in [1.54, 1.807) is 13.4 Å². The monoisotopic (exact) mass is 351 g/mol. The summed E-state index contributed by atoms with van der Waals surface area (Å²) in [7, 11) is 1.66. The second-order valence-electron chi connectivity index (χ2n) is 5.06. The van der Waals surface area contributed by atoms with Gasteiger partial charge in [0.2, 0.25) is 0 Å². The van der Waals surface area contributed by atoms with Crippen LogP contribution in [-0.2, 0) is 13.1 Å². The smallest absolute Gasteiger partial charge is 0.147 e. The van der Waals surface area contributed by atoms with E-state index in [4.69, 9.17) is 10.5 Å². The molecule has 1 aliphatic rings. The molecule has 3 rings (SSSR count). The SMILES string of the molecule is COc1ccc(C(CN)N2CCn3cnnc3C2)cc1Br. The van der Waals surface area contributed by atoms with Gasteiger partial charge in [-0.3, -0.25) is 4.90 Å². The molecule has 0 saturated heterocycles. The number of halogens is 1. The fourth-order valence-corrected chi connectivity index (χ4v) is 3.30. The van der Waals surface area contributed by atoms with E-state index in [0.29, 0.717) is 6.54 Å². The van der Waals surface area contributed by atoms with Crippen molar-refractivity contribution >= 4 is 15.9 Å². The standard InChI is InChI=1S/C14H18BrN5O/c1-21-13-3-2-10(6-11(13)15)12(7-16)19-4-5-20-9-17-18-14(20)8-19/h2-3,6,9,12H,4-5,7-8,16H2,1H3. The van der Waals surface area contributed by atoms with E-state index in [9.17, 15) is 0 Å². The van der Waals surface area contributed by atoms with Crippen molar-refractivity contribution in [2.75, 3.05) is 20.2 Å². The molecule has 21 heavy (non-hydrogen) atoms. The zero-order valence-corrected chi connectivity index (χ0v) is 13.5. The van der Waals surface area contributed by atoms with E-state index >= 15 is 0 Å². The Morgan fingerprint density at radius 2 is 2.29 bits per heavy atom. The lowest BCUT2D eigenvalue weighted by Gasteiger charge is -2.34. The summed E-state index contributed by atoms with van der Waals surface area (Å²) in [6, 6.07) is 6.28. The van der Waals surface area contributed by atoms with Gasteiger partial charge in [0, 0.05) is 25.7 Å². The van der Waals surface area contributed by atoms with Gasteiger partial charge in [-0.25, -0.2) is 0 Å². The second kappa shape index (κ2) is 6.13. The minimum Gasteiger partial charge on any atom is -0.496 e. The average Bonchev–Trinajstić information content (AvgIpc) is 2.96. The van der Waals surface area contributed by atoms with Crippen molar-refractivity contribution in [3.63, 3.8) is 0 Å². The highest BCUT2D eigenvalue weighted by molar-refractivity contribution is 9.10. The lowest BCUT2D eigenvalue weighted by molar-refractivity contribution is 0.156. The molecule has 0 radical (unpaired) electrons. The molecule has 6 nitrogen and oxygen atoms in total. The molecule has 7 heteroatoms. The molecule has 0 spiro atoms. The number of aromatic nitrogens is 3. The van der Waals surface area contributed by atoms with E-state index in [2.05, 4.69) is 47.7 Å². The predicted octanol–water partition coefficient (Wildman–Crippen LogP) is 1.56. The molecule has 0 amide bonds. The van der Waals surface area contributed by atoms with Crippen molar-refractivity contribution in [2.45, 2.75) is 19.1 Å². The lowest BCUT2D eigenvalue weighted by Crippen LogP contribution is -2.39. The quantitative estimate of drug-likeness (QED) is 0.905. The molecule has 1 aromatic heterocycles. The number of hydrogen-bond donors (Lipinski definition) is 1. The van der Waals surface area contributed by atoms with Crippen molar-refractivity contribution in [3.8, 4) is 5.75 Å². The third-order valence-corrected chi connectivity index (χ3v) is 4.51. The van der Waals surface area contributed by atoms with Crippen LogP contribution in [0.4, 0.5) is 0 Å². The third-order valence-electron chi connectivity index (χ3n) is 3.89. The summed E-state index contributed by atoms with van der Waals surface area (Å²) in [6.07, 6.45) is 1.79. The molecule has 0 aliphatic carbocycles. The molecule has 1 aliphatic heterocycles. The van der Waals surface area contributed by atoms with E-state index in [-0.39, 0.29) is 6.04 Å². The molecule has 1 atom stereocenters. The molecule has 2 heterocycles. The molecule has 2 N–H and O–H groups in total. The third kappa shape index (κ3) is 2.81. The molecule has 112 valence electrons. The summed E-state index contributed by atoms with van der Waals surface area (Å²) in [5.41, 5.74) is 7.20. The second-order valence-corrected chi connectivity index (χ2v) is 5.91. The summed E-state index contributed by atoms with van der Waals surface area (Å²) in [5, 5.41) is 8.13. The fraction of sp³-hybridized carbons (Fsp3) is 0.429. The van der Waals surface area contributed by atoms with E-state index in [1.165, 1.54) is 5.56 Å². The van der Waals surface area contributed by atoms with Crippen LogP contribution in [-0.4, -0.2) is 39.9 Å². The van der Waals surface area contributed by atoms with Gasteiger partial charge in [0.25, 0.3) is 0 Å². The van der Waals surface area contributed by atoms with Crippen molar-refractivity contribution in [2.24, 2.45) is 5.73 Å². The molecule has 2 aromatic rings. The minimum atomic E-state index is 0.164. The maximum absolute atomic E-state index is 6.02. The Hall–Kier alpha value is -1.44. The van der Waals surface area contributed by atoms with Crippen LogP contribution in [0.15, 0.2) is 29.0 Å². The Kier molecular flexibility index (Phi) is 4.23. The number of nitrogens with two attached hydrogens (primary N) is 1. The highest BCUT2D eigenvalue weighted by Crippen LogP contribution is 2.31. The van der Waals surface area contributed by atoms with Crippen molar-refractivity contribution < 1.29 is 4.74 Å². The van der Waals surface area contributed by atoms with Crippen LogP contribution >= 0.6 is 15.9 Å². The Labute approximate surface area is 132 Å². The summed E-state index contributed by atoms with van der Waals surface area (Å²) in [6.45, 7) is 3.17. The van der Waals surface area contributed by atoms with Crippen molar-refractivity contribution in [3.05, 3.63) is 40.4 Å². The van der Waals surface area contributed by atoms with E-state index in [0.717, 1.165) is 35.7 Å². The molecule has 0 bridgehead atoms. The van der Waals surface area contributed by atoms with Crippen LogP contribution in [0.1, 0.15) is 17.4 Å². The maximum Gasteiger partial charge on any atom is 0.147 e. The van der Waals surface area contributed by atoms with Gasteiger partial charge >= 0.3 is 0 Å². The number of ether oxygens (including phenoxy) is 1. The van der Waals surface area contributed by atoms with Gasteiger partial charge in [0.05, 0.1) is 18.1 Å². The first-order valence-corrected chi connectivity index (χ1v) is 7.66. The van der Waals surface area contributed by atoms with Gasteiger partial charge in [-0.15, -0.1) is 10.2 Å². The van der Waals surface area contributed by atoms with E-state index < -0.39 is 0 Å². The first kappa shape index (κ1) is 14.5. The lowest BCUT2D eigenvalue weighted by atomic mass is 10.0. The molecular formula is C14H18BrN5O. The Bertz CT molecular complexity index is 630. The average molecular weight is 352 g/mol. The number of rotatable bonds is 4. The van der Waals surface area contributed by atoms with Gasteiger partial charge in [0.1, 0.15) is 17.9 Å². The minimum absolute atomic E-state index is 0.164. The van der Waals surface area contributed by atoms with Crippen molar-refractivity contribution in [1.29, 1.82) is 0 Å². The van der Waals surface area contributed by atoms with Crippen LogP contribution in [0.25, 0.3) is 0 Å². The Balaban J connectivity index is 1.84. The van der Waals surface area contributed by atoms with E-state index in [1.807, 2.05) is 6.07 Å². The number of fused-ring (bicyclic) bond motifs is 1. The maximum atomic E-state index is 6.02. The van der Waals surface area contributed by atoms with Crippen LogP contribution < -0.4 is 10.5 Å². The van der Waals surface area contributed by atoms with Crippen LogP contribution in [0.5, 0.6) is 5.75 Å². The predicted molar refractivity (Wildman–Crippen MR) is 82.9 cm³/mol. The van der Waals surface area contributed by atoms with Gasteiger partial charge in [0.15, 0.2) is 0 Å². The number of hydrogen-bond acceptors (Lipinski definition) is 5. The van der Waals surface area contributed by atoms with Gasteiger partial charge in [-0.05, 0) is 33.6 Å². The van der Waals surface area contributed by atoms with Gasteiger partial charge in [-0.1, -0.05) is 6.07 Å². The fourth-order valence-electron chi connectivity index (χ4n) is 2.74. The van der Waals surface area contributed by atoms with Crippen LogP contribution in [0.2, 0.25) is 0 Å². The Morgan fingerprint density at radius 1 is 1.43 bits per heavy atom. The Morgan fingerprint density at radius 3 is 3.00 bits per heavy atom. The summed E-state index contributed by atoms with van der Waals surface area (Å²) in [5.74, 6) is 1.82. The zero-order valence-electron chi connectivity index (χ0n) is 11.9. The van der Waals surface area contributed by atoms with Gasteiger partial charge < -0.3 is 15.0 Å². The van der Waals surface area contributed by atoms with Crippen molar-refractivity contribution in [1.82, 2.24) is 19.7 Å². The first-order valence-electron chi connectivity index (χ1n) is 6.87. The summed E-state index contributed by atoms with van der Waals surface area (Å²) >= 11 is 3.54. The number of benzene rings is 1. The largest absolute Gasteiger partial charge is 0.496 e. The molecule has 1 unspecified atom stereocenters. The van der Waals surface area contributed by atoms with Crippen LogP contribution in [0, 0.1) is 0 Å². The summed E-state index contributed by atoms with van der Waals surface area (Å²) < 4.78 is 8.32.